The highest BCUT2D eigenvalue weighted by Crippen LogP contribution is 2.49. The maximum absolute atomic E-state index is 12.2. The highest BCUT2D eigenvalue weighted by Gasteiger charge is 2.52. The summed E-state index contributed by atoms with van der Waals surface area (Å²) in [6.45, 7) is 1.14. The number of nitrogens with zero attached hydrogens (tertiary/aromatic N) is 2. The predicted molar refractivity (Wildman–Crippen MR) is 79.1 cm³/mol. The van der Waals surface area contributed by atoms with Crippen LogP contribution >= 0.6 is 0 Å². The van der Waals surface area contributed by atoms with Gasteiger partial charge in [-0.15, -0.1) is 0 Å². The molecule has 2 amide bonds. The quantitative estimate of drug-likeness (QED) is 0.766. The minimum atomic E-state index is -0.354. The van der Waals surface area contributed by atoms with E-state index in [0.29, 0.717) is 31.7 Å². The number of hydrogen-bond acceptors (Lipinski definition) is 5. The summed E-state index contributed by atoms with van der Waals surface area (Å²) in [7, 11) is 1.56. The van der Waals surface area contributed by atoms with E-state index in [1.165, 1.54) is 5.01 Å². The molecule has 3 aliphatic rings. The molecule has 3 rings (SSSR count). The molecular weight excluding hydrogens is 286 g/mol. The van der Waals surface area contributed by atoms with Gasteiger partial charge in [0.1, 0.15) is 5.71 Å². The molecule has 2 fully saturated rings. The van der Waals surface area contributed by atoms with Crippen LogP contribution in [-0.4, -0.2) is 60.0 Å². The van der Waals surface area contributed by atoms with Crippen LogP contribution in [0.4, 0.5) is 0 Å². The third kappa shape index (κ3) is 2.75. The van der Waals surface area contributed by atoms with Crippen molar-refractivity contribution in [3.05, 3.63) is 0 Å². The summed E-state index contributed by atoms with van der Waals surface area (Å²) in [5, 5.41) is 17.7. The monoisotopic (exact) mass is 309 g/mol. The lowest BCUT2D eigenvalue weighted by Crippen LogP contribution is -2.47. The Bertz CT molecular complexity index is 521. The molecule has 7 heteroatoms. The van der Waals surface area contributed by atoms with Crippen LogP contribution in [0.3, 0.4) is 0 Å². The van der Waals surface area contributed by atoms with Crippen LogP contribution in [0.2, 0.25) is 0 Å². The van der Waals surface area contributed by atoms with Crippen LogP contribution in [0, 0.1) is 5.41 Å². The van der Waals surface area contributed by atoms with E-state index < -0.39 is 0 Å². The van der Waals surface area contributed by atoms with E-state index in [-0.39, 0.29) is 29.4 Å². The van der Waals surface area contributed by atoms with E-state index in [1.54, 1.807) is 7.05 Å². The highest BCUT2D eigenvalue weighted by atomic mass is 16.5. The van der Waals surface area contributed by atoms with Gasteiger partial charge in [0.05, 0.1) is 18.8 Å². The fourth-order valence-corrected chi connectivity index (χ4v) is 3.76. The van der Waals surface area contributed by atoms with Gasteiger partial charge in [-0.3, -0.25) is 9.59 Å². The van der Waals surface area contributed by atoms with Crippen molar-refractivity contribution in [2.75, 3.05) is 26.8 Å². The number of fused-ring (bicyclic) bond motifs is 2. The second-order valence-electron chi connectivity index (χ2n) is 6.81. The van der Waals surface area contributed by atoms with Crippen molar-refractivity contribution < 1.29 is 19.4 Å². The largest absolute Gasteiger partial charge is 0.396 e. The number of nitrogens with one attached hydrogen (secondary N) is 1. The molecule has 2 N–H and O–H groups in total. The Morgan fingerprint density at radius 3 is 3.00 bits per heavy atom. The van der Waals surface area contributed by atoms with Gasteiger partial charge in [0.2, 0.25) is 5.91 Å². The van der Waals surface area contributed by atoms with Crippen molar-refractivity contribution in [1.29, 1.82) is 0 Å². The second kappa shape index (κ2) is 5.62. The third-order valence-electron chi connectivity index (χ3n) is 5.10. The molecule has 2 aliphatic heterocycles. The number of carbonyl (C=O) groups is 2. The smallest absolute Gasteiger partial charge is 0.267 e. The molecule has 2 unspecified atom stereocenters. The SMILES string of the molecule is CN1N=C(C(=O)NCC23CCCC(CO)(CO2)C3)CCC1=O. The molecular formula is C15H23N3O4. The van der Waals surface area contributed by atoms with Gasteiger partial charge in [-0.1, -0.05) is 0 Å². The Hall–Kier alpha value is -1.47. The maximum Gasteiger partial charge on any atom is 0.267 e. The predicted octanol–water partition coefficient (Wildman–Crippen LogP) is 0.0325. The summed E-state index contributed by atoms with van der Waals surface area (Å²) in [6.07, 6.45) is 4.39. The number of rotatable bonds is 4. The molecule has 1 aliphatic carbocycles. The average Bonchev–Trinajstić information content (AvgIpc) is 2.80. The Morgan fingerprint density at radius 2 is 2.27 bits per heavy atom. The van der Waals surface area contributed by atoms with Crippen molar-refractivity contribution in [2.24, 2.45) is 10.5 Å². The van der Waals surface area contributed by atoms with E-state index in [2.05, 4.69) is 10.4 Å². The third-order valence-corrected chi connectivity index (χ3v) is 5.10. The average molecular weight is 309 g/mol. The first kappa shape index (κ1) is 15.4. The molecule has 0 aromatic heterocycles. The Morgan fingerprint density at radius 1 is 1.45 bits per heavy atom. The van der Waals surface area contributed by atoms with Crippen LogP contribution in [-0.2, 0) is 14.3 Å². The van der Waals surface area contributed by atoms with Crippen molar-refractivity contribution in [1.82, 2.24) is 10.3 Å². The van der Waals surface area contributed by atoms with Gasteiger partial charge in [-0.25, -0.2) is 5.01 Å². The van der Waals surface area contributed by atoms with Gasteiger partial charge in [0.15, 0.2) is 0 Å². The minimum absolute atomic E-state index is 0.0747. The van der Waals surface area contributed by atoms with Crippen molar-refractivity contribution in [3.8, 4) is 0 Å². The fraction of sp³-hybridized carbons (Fsp3) is 0.800. The number of ether oxygens (including phenoxy) is 1. The van der Waals surface area contributed by atoms with E-state index >= 15 is 0 Å². The van der Waals surface area contributed by atoms with Crippen LogP contribution in [0.15, 0.2) is 5.10 Å². The Balaban J connectivity index is 1.60. The highest BCUT2D eigenvalue weighted by molar-refractivity contribution is 6.39. The Kier molecular flexibility index (Phi) is 3.94. The standard InChI is InChI=1S/C15H23N3O4/c1-18-12(20)4-3-11(17-18)13(21)16-8-15-6-2-5-14(7-15,9-19)10-22-15/h19H,2-10H2,1H3,(H,16,21). The zero-order valence-corrected chi connectivity index (χ0v) is 12.9. The lowest BCUT2D eigenvalue weighted by atomic mass is 9.71. The van der Waals surface area contributed by atoms with Gasteiger partial charge >= 0.3 is 0 Å². The van der Waals surface area contributed by atoms with Gasteiger partial charge < -0.3 is 15.2 Å². The van der Waals surface area contributed by atoms with Gasteiger partial charge in [0, 0.05) is 31.8 Å². The number of aliphatic hydroxyl groups excluding tert-OH is 1. The first-order chi connectivity index (χ1) is 10.5. The molecule has 2 atom stereocenters. The second-order valence-corrected chi connectivity index (χ2v) is 6.81. The molecule has 1 saturated heterocycles. The summed E-state index contributed by atoms with van der Waals surface area (Å²) >= 11 is 0. The molecule has 22 heavy (non-hydrogen) atoms. The first-order valence-electron chi connectivity index (χ1n) is 7.85. The summed E-state index contributed by atoms with van der Waals surface area (Å²) in [5.74, 6) is -0.307. The molecule has 2 heterocycles. The van der Waals surface area contributed by atoms with Gasteiger partial charge in [-0.2, -0.15) is 5.10 Å². The number of hydrazone groups is 1. The van der Waals surface area contributed by atoms with Crippen molar-refractivity contribution >= 4 is 17.5 Å². The number of amides is 2. The van der Waals surface area contributed by atoms with Crippen LogP contribution < -0.4 is 5.32 Å². The van der Waals surface area contributed by atoms with E-state index in [1.807, 2.05) is 0 Å². The molecule has 1 saturated carbocycles. The Labute approximate surface area is 129 Å². The molecule has 7 nitrogen and oxygen atoms in total. The van der Waals surface area contributed by atoms with Crippen LogP contribution in [0.5, 0.6) is 0 Å². The lowest BCUT2D eigenvalue weighted by Gasteiger charge is -2.36. The zero-order valence-electron chi connectivity index (χ0n) is 12.9. The van der Waals surface area contributed by atoms with Crippen LogP contribution in [0.25, 0.3) is 0 Å². The molecule has 0 radical (unpaired) electrons. The summed E-state index contributed by atoms with van der Waals surface area (Å²) in [4.78, 5) is 23.6. The van der Waals surface area contributed by atoms with Crippen molar-refractivity contribution in [3.63, 3.8) is 0 Å². The molecule has 0 aromatic carbocycles. The maximum atomic E-state index is 12.2. The minimum Gasteiger partial charge on any atom is -0.396 e. The summed E-state index contributed by atoms with van der Waals surface area (Å²) in [5.41, 5.74) is -0.0910. The number of aliphatic hydroxyl groups is 1. The number of carbonyl (C=O) groups excluding carboxylic acids is 2. The topological polar surface area (TPSA) is 91.2 Å². The van der Waals surface area contributed by atoms with E-state index in [0.717, 1.165) is 25.7 Å². The van der Waals surface area contributed by atoms with Crippen LogP contribution in [0.1, 0.15) is 38.5 Å². The van der Waals surface area contributed by atoms with Crippen molar-refractivity contribution in [2.45, 2.75) is 44.1 Å². The van der Waals surface area contributed by atoms with Gasteiger partial charge in [-0.05, 0) is 25.7 Å². The van der Waals surface area contributed by atoms with Gasteiger partial charge in [0.25, 0.3) is 5.91 Å². The normalized spacial score (nSPS) is 34.5. The number of hydrogen-bond donors (Lipinski definition) is 2. The first-order valence-corrected chi connectivity index (χ1v) is 7.85. The lowest BCUT2D eigenvalue weighted by molar-refractivity contribution is -0.130. The fourth-order valence-electron chi connectivity index (χ4n) is 3.76. The zero-order chi connectivity index (χ0) is 15.8. The molecule has 0 aromatic rings. The molecule has 122 valence electrons. The summed E-state index contributed by atoms with van der Waals surface area (Å²) in [6, 6.07) is 0. The van der Waals surface area contributed by atoms with E-state index in [4.69, 9.17) is 4.74 Å². The van der Waals surface area contributed by atoms with E-state index in [9.17, 15) is 14.7 Å². The molecule has 2 bridgehead atoms. The molecule has 0 spiro atoms. The summed E-state index contributed by atoms with van der Waals surface area (Å²) < 4.78 is 5.96.